The molecule has 2 aromatic carbocycles. The molecule has 0 saturated carbocycles. The second kappa shape index (κ2) is 9.38. The molecule has 170 valence electrons. The van der Waals surface area contributed by atoms with E-state index in [4.69, 9.17) is 11.6 Å². The molecule has 2 aromatic rings. The monoisotopic (exact) mass is 497 g/mol. The molecule has 0 radical (unpaired) electrons. The highest BCUT2D eigenvalue weighted by molar-refractivity contribution is 8.00. The molecule has 7 nitrogen and oxygen atoms in total. The Hall–Kier alpha value is -2.14. The number of carbonyl (C=O) groups excluding carboxylic acids is 2. The SMILES string of the molecule is O=C(CN1C(=O)CSc2ccc(S(=O)(=O)N3CCCCC3)cc21)Nc1ccc(F)cc1Cl. The van der Waals surface area contributed by atoms with Crippen LogP contribution in [0.1, 0.15) is 19.3 Å². The van der Waals surface area contributed by atoms with Crippen molar-refractivity contribution in [1.82, 2.24) is 4.31 Å². The number of rotatable bonds is 5. The number of halogens is 2. The number of benzene rings is 2. The quantitative estimate of drug-likeness (QED) is 0.680. The summed E-state index contributed by atoms with van der Waals surface area (Å²) in [7, 11) is -3.69. The fourth-order valence-corrected chi connectivity index (χ4v) is 6.36. The number of carbonyl (C=O) groups is 2. The number of anilines is 2. The molecule has 4 rings (SSSR count). The summed E-state index contributed by atoms with van der Waals surface area (Å²) in [6, 6.07) is 8.25. The van der Waals surface area contributed by atoms with E-state index in [1.54, 1.807) is 12.1 Å². The van der Waals surface area contributed by atoms with E-state index >= 15 is 0 Å². The molecule has 11 heteroatoms. The number of thioether (sulfide) groups is 1. The fraction of sp³-hybridized carbons (Fsp3) is 0.333. The van der Waals surface area contributed by atoms with Gasteiger partial charge in [-0.2, -0.15) is 4.31 Å². The molecule has 0 bridgehead atoms. The number of hydrogen-bond donors (Lipinski definition) is 1. The Morgan fingerprint density at radius 2 is 1.88 bits per heavy atom. The van der Waals surface area contributed by atoms with Gasteiger partial charge < -0.3 is 10.2 Å². The van der Waals surface area contributed by atoms with Crippen LogP contribution >= 0.6 is 23.4 Å². The molecule has 2 aliphatic rings. The van der Waals surface area contributed by atoms with Crippen LogP contribution in [-0.2, 0) is 19.6 Å². The largest absolute Gasteiger partial charge is 0.323 e. The van der Waals surface area contributed by atoms with Gasteiger partial charge in [-0.1, -0.05) is 18.0 Å². The standard InChI is InChI=1S/C21H21ClFN3O4S2/c22-16-10-14(23)4-6-17(16)24-20(27)12-26-18-11-15(5-7-19(18)31-13-21(26)28)32(29,30)25-8-2-1-3-9-25/h4-7,10-11H,1-3,8-9,12-13H2,(H,24,27). The summed E-state index contributed by atoms with van der Waals surface area (Å²) in [5.74, 6) is -1.24. The number of sulfonamides is 1. The van der Waals surface area contributed by atoms with Crippen molar-refractivity contribution in [2.24, 2.45) is 0 Å². The van der Waals surface area contributed by atoms with Crippen molar-refractivity contribution in [2.75, 3.05) is 35.6 Å². The second-order valence-electron chi connectivity index (χ2n) is 7.54. The van der Waals surface area contributed by atoms with E-state index in [2.05, 4.69) is 5.32 Å². The summed E-state index contributed by atoms with van der Waals surface area (Å²) < 4.78 is 40.9. The summed E-state index contributed by atoms with van der Waals surface area (Å²) in [5.41, 5.74) is 0.600. The third-order valence-electron chi connectivity index (χ3n) is 5.33. The summed E-state index contributed by atoms with van der Waals surface area (Å²) >= 11 is 7.26. The van der Waals surface area contributed by atoms with Gasteiger partial charge in [-0.05, 0) is 49.2 Å². The number of amides is 2. The van der Waals surface area contributed by atoms with Gasteiger partial charge in [-0.25, -0.2) is 12.8 Å². The molecule has 1 N–H and O–H groups in total. The molecule has 32 heavy (non-hydrogen) atoms. The van der Waals surface area contributed by atoms with Gasteiger partial charge in [0.05, 0.1) is 27.0 Å². The van der Waals surface area contributed by atoms with Gasteiger partial charge in [0.2, 0.25) is 21.8 Å². The van der Waals surface area contributed by atoms with E-state index in [1.165, 1.54) is 33.1 Å². The van der Waals surface area contributed by atoms with Crippen molar-refractivity contribution in [3.63, 3.8) is 0 Å². The lowest BCUT2D eigenvalue weighted by Crippen LogP contribution is -2.41. The maximum atomic E-state index is 13.2. The van der Waals surface area contributed by atoms with E-state index < -0.39 is 21.7 Å². The lowest BCUT2D eigenvalue weighted by atomic mass is 10.2. The Morgan fingerprint density at radius 1 is 1.12 bits per heavy atom. The first-order valence-electron chi connectivity index (χ1n) is 10.1. The lowest BCUT2D eigenvalue weighted by molar-refractivity contribution is -0.120. The maximum Gasteiger partial charge on any atom is 0.244 e. The van der Waals surface area contributed by atoms with E-state index in [9.17, 15) is 22.4 Å². The molecule has 1 fully saturated rings. The van der Waals surface area contributed by atoms with Gasteiger partial charge in [-0.3, -0.25) is 9.59 Å². The molecular weight excluding hydrogens is 477 g/mol. The van der Waals surface area contributed by atoms with E-state index in [0.29, 0.717) is 18.8 Å². The molecule has 0 aliphatic carbocycles. The van der Waals surface area contributed by atoms with Gasteiger partial charge >= 0.3 is 0 Å². The zero-order valence-electron chi connectivity index (χ0n) is 17.0. The summed E-state index contributed by atoms with van der Waals surface area (Å²) in [4.78, 5) is 27.3. The first-order valence-corrected chi connectivity index (χ1v) is 12.9. The molecule has 2 heterocycles. The first kappa shape index (κ1) is 23.0. The molecule has 0 spiro atoms. The second-order valence-corrected chi connectivity index (χ2v) is 10.9. The van der Waals surface area contributed by atoms with Crippen LogP contribution in [0.3, 0.4) is 0 Å². The number of piperidine rings is 1. The van der Waals surface area contributed by atoms with Crippen LogP contribution in [0.25, 0.3) is 0 Å². The van der Waals surface area contributed by atoms with Gasteiger partial charge in [0.15, 0.2) is 0 Å². The Bertz CT molecular complexity index is 1170. The van der Waals surface area contributed by atoms with Crippen LogP contribution in [0.15, 0.2) is 46.2 Å². The van der Waals surface area contributed by atoms with Crippen LogP contribution in [0.4, 0.5) is 15.8 Å². The Kier molecular flexibility index (Phi) is 6.75. The molecule has 0 aromatic heterocycles. The third-order valence-corrected chi connectivity index (χ3v) is 8.59. The zero-order valence-corrected chi connectivity index (χ0v) is 19.4. The molecule has 2 aliphatic heterocycles. The molecular formula is C21H21ClFN3O4S2. The first-order chi connectivity index (χ1) is 15.3. The minimum Gasteiger partial charge on any atom is -0.323 e. The minimum atomic E-state index is -3.69. The van der Waals surface area contributed by atoms with Crippen molar-refractivity contribution < 1.29 is 22.4 Å². The Morgan fingerprint density at radius 3 is 2.59 bits per heavy atom. The lowest BCUT2D eigenvalue weighted by Gasteiger charge is -2.30. The summed E-state index contributed by atoms with van der Waals surface area (Å²) in [5, 5.41) is 2.60. The van der Waals surface area contributed by atoms with E-state index in [1.807, 2.05) is 0 Å². The van der Waals surface area contributed by atoms with Crippen LogP contribution in [0.2, 0.25) is 5.02 Å². The predicted octanol–water partition coefficient (Wildman–Crippen LogP) is 3.73. The third kappa shape index (κ3) is 4.78. The van der Waals surface area contributed by atoms with Gasteiger partial charge in [0.1, 0.15) is 12.4 Å². The topological polar surface area (TPSA) is 86.8 Å². The average Bonchev–Trinajstić information content (AvgIpc) is 2.78. The highest BCUT2D eigenvalue weighted by atomic mass is 35.5. The smallest absolute Gasteiger partial charge is 0.244 e. The highest BCUT2D eigenvalue weighted by Crippen LogP contribution is 2.37. The van der Waals surface area contributed by atoms with Crippen LogP contribution in [-0.4, -0.2) is 49.9 Å². The number of nitrogens with one attached hydrogen (secondary N) is 1. The van der Waals surface area contributed by atoms with Crippen LogP contribution < -0.4 is 10.2 Å². The van der Waals surface area contributed by atoms with Crippen molar-refractivity contribution in [3.05, 3.63) is 47.2 Å². The van der Waals surface area contributed by atoms with Crippen molar-refractivity contribution in [1.29, 1.82) is 0 Å². The van der Waals surface area contributed by atoms with Crippen LogP contribution in [0.5, 0.6) is 0 Å². The fourth-order valence-electron chi connectivity index (χ4n) is 3.69. The van der Waals surface area contributed by atoms with Gasteiger partial charge in [0, 0.05) is 18.0 Å². The van der Waals surface area contributed by atoms with E-state index in [-0.39, 0.29) is 33.8 Å². The predicted molar refractivity (Wildman–Crippen MR) is 122 cm³/mol. The number of nitrogens with zero attached hydrogens (tertiary/aromatic N) is 2. The van der Waals surface area contributed by atoms with Gasteiger partial charge in [-0.15, -0.1) is 11.8 Å². The van der Waals surface area contributed by atoms with Crippen molar-refractivity contribution in [3.8, 4) is 0 Å². The molecule has 0 atom stereocenters. The number of fused-ring (bicyclic) bond motifs is 1. The molecule has 1 saturated heterocycles. The minimum absolute atomic E-state index is 0.0363. The Balaban J connectivity index is 1.59. The molecule has 0 unspecified atom stereocenters. The normalized spacial score (nSPS) is 17.2. The summed E-state index contributed by atoms with van der Waals surface area (Å²) in [6.07, 6.45) is 2.63. The average molecular weight is 498 g/mol. The highest BCUT2D eigenvalue weighted by Gasteiger charge is 2.31. The van der Waals surface area contributed by atoms with Crippen molar-refractivity contribution >= 4 is 56.6 Å². The van der Waals surface area contributed by atoms with Crippen molar-refractivity contribution in [2.45, 2.75) is 29.1 Å². The summed E-state index contributed by atoms with van der Waals surface area (Å²) in [6.45, 7) is 0.614. The Labute approximate surface area is 195 Å². The number of hydrogen-bond acceptors (Lipinski definition) is 5. The van der Waals surface area contributed by atoms with Gasteiger partial charge in [0.25, 0.3) is 0 Å². The van der Waals surface area contributed by atoms with Crippen LogP contribution in [0, 0.1) is 5.82 Å². The maximum absolute atomic E-state index is 13.2. The van der Waals surface area contributed by atoms with E-state index in [0.717, 1.165) is 36.3 Å². The zero-order chi connectivity index (χ0) is 22.9. The molecule has 2 amide bonds.